The average molecular weight is 278 g/mol. The summed E-state index contributed by atoms with van der Waals surface area (Å²) in [5, 5.41) is 1.11. The van der Waals surface area contributed by atoms with Crippen LogP contribution in [0.4, 0.5) is 0 Å². The molecular formula is C14H22N4S. The molecule has 2 atom stereocenters. The second kappa shape index (κ2) is 5.06. The summed E-state index contributed by atoms with van der Waals surface area (Å²) in [6.45, 7) is 9.07. The summed E-state index contributed by atoms with van der Waals surface area (Å²) in [5.41, 5.74) is 12.8. The Morgan fingerprint density at radius 1 is 1.42 bits per heavy atom. The van der Waals surface area contributed by atoms with Gasteiger partial charge in [-0.05, 0) is 6.92 Å². The number of hydrogen-bond acceptors (Lipinski definition) is 5. The van der Waals surface area contributed by atoms with Gasteiger partial charge in [0.25, 0.3) is 0 Å². The Balaban J connectivity index is 2.36. The van der Waals surface area contributed by atoms with E-state index in [1.807, 2.05) is 0 Å². The number of thiazole rings is 1. The number of nitrogens with zero attached hydrogens (tertiary/aromatic N) is 2. The van der Waals surface area contributed by atoms with Crippen molar-refractivity contribution < 1.29 is 0 Å². The van der Waals surface area contributed by atoms with E-state index in [1.54, 1.807) is 17.5 Å². The SMILES string of the molecule is Cc1sc(C2C=CN=C(N)C2C)nc1C(C)(C)CN. The van der Waals surface area contributed by atoms with Crippen LogP contribution in [-0.2, 0) is 5.41 Å². The molecule has 0 fully saturated rings. The normalized spacial score (nSPS) is 23.5. The first-order chi connectivity index (χ1) is 8.86. The molecule has 1 aromatic rings. The molecule has 4 N–H and O–H groups in total. The average Bonchev–Trinajstić information content (AvgIpc) is 2.75. The van der Waals surface area contributed by atoms with Crippen LogP contribution in [0.25, 0.3) is 0 Å². The molecule has 4 nitrogen and oxygen atoms in total. The number of aromatic nitrogens is 1. The minimum atomic E-state index is -0.0832. The maximum Gasteiger partial charge on any atom is 0.103 e. The first-order valence-corrected chi connectivity index (χ1v) is 7.36. The van der Waals surface area contributed by atoms with Gasteiger partial charge in [-0.25, -0.2) is 9.98 Å². The maximum atomic E-state index is 5.92. The number of aryl methyl sites for hydroxylation is 1. The third-order valence-electron chi connectivity index (χ3n) is 3.77. The van der Waals surface area contributed by atoms with Gasteiger partial charge in [0.15, 0.2) is 0 Å². The van der Waals surface area contributed by atoms with Gasteiger partial charge in [-0.2, -0.15) is 0 Å². The topological polar surface area (TPSA) is 77.3 Å². The molecule has 1 aromatic heterocycles. The van der Waals surface area contributed by atoms with Gasteiger partial charge in [-0.3, -0.25) is 0 Å². The molecule has 0 amide bonds. The molecule has 104 valence electrons. The zero-order chi connectivity index (χ0) is 14.2. The van der Waals surface area contributed by atoms with Gasteiger partial charge in [0.1, 0.15) is 10.8 Å². The quantitative estimate of drug-likeness (QED) is 0.890. The van der Waals surface area contributed by atoms with Crippen molar-refractivity contribution in [2.45, 2.75) is 39.0 Å². The van der Waals surface area contributed by atoms with Crippen molar-refractivity contribution in [2.75, 3.05) is 6.54 Å². The van der Waals surface area contributed by atoms with E-state index < -0.39 is 0 Å². The summed E-state index contributed by atoms with van der Waals surface area (Å²) in [6.07, 6.45) is 3.86. The lowest BCUT2D eigenvalue weighted by molar-refractivity contribution is 0.518. The Bertz CT molecular complexity index is 528. The highest BCUT2D eigenvalue weighted by molar-refractivity contribution is 7.11. The van der Waals surface area contributed by atoms with Crippen molar-refractivity contribution in [1.82, 2.24) is 4.98 Å². The first-order valence-electron chi connectivity index (χ1n) is 6.54. The predicted octanol–water partition coefficient (Wildman–Crippen LogP) is 2.29. The summed E-state index contributed by atoms with van der Waals surface area (Å²) in [5.74, 6) is 1.10. The Labute approximate surface area is 118 Å². The summed E-state index contributed by atoms with van der Waals surface area (Å²) in [7, 11) is 0. The predicted molar refractivity (Wildman–Crippen MR) is 81.6 cm³/mol. The molecule has 19 heavy (non-hydrogen) atoms. The molecule has 2 heterocycles. The van der Waals surface area contributed by atoms with Gasteiger partial charge in [-0.1, -0.05) is 26.8 Å². The van der Waals surface area contributed by atoms with Crippen molar-refractivity contribution in [3.05, 3.63) is 27.9 Å². The second-order valence-corrected chi connectivity index (χ2v) is 6.99. The lowest BCUT2D eigenvalue weighted by Crippen LogP contribution is -2.30. The fourth-order valence-corrected chi connectivity index (χ4v) is 3.56. The largest absolute Gasteiger partial charge is 0.387 e. The minimum Gasteiger partial charge on any atom is -0.387 e. The summed E-state index contributed by atoms with van der Waals surface area (Å²) >= 11 is 1.74. The first kappa shape index (κ1) is 14.2. The molecule has 0 spiro atoms. The molecule has 5 heteroatoms. The van der Waals surface area contributed by atoms with Crippen LogP contribution in [0.2, 0.25) is 0 Å². The van der Waals surface area contributed by atoms with Gasteiger partial charge in [-0.15, -0.1) is 11.3 Å². The van der Waals surface area contributed by atoms with E-state index >= 15 is 0 Å². The van der Waals surface area contributed by atoms with E-state index in [-0.39, 0.29) is 17.3 Å². The number of aliphatic imine (C=N–C) groups is 1. The fraction of sp³-hybridized carbons (Fsp3) is 0.571. The van der Waals surface area contributed by atoms with E-state index in [4.69, 9.17) is 16.5 Å². The zero-order valence-electron chi connectivity index (χ0n) is 12.0. The summed E-state index contributed by atoms with van der Waals surface area (Å²) < 4.78 is 0. The van der Waals surface area contributed by atoms with Crippen LogP contribution in [0.1, 0.15) is 42.3 Å². The van der Waals surface area contributed by atoms with Gasteiger partial charge in [0, 0.05) is 34.9 Å². The third-order valence-corrected chi connectivity index (χ3v) is 4.84. The molecule has 2 rings (SSSR count). The molecular weight excluding hydrogens is 256 g/mol. The van der Waals surface area contributed by atoms with Crippen LogP contribution >= 0.6 is 11.3 Å². The lowest BCUT2D eigenvalue weighted by Gasteiger charge is -2.22. The van der Waals surface area contributed by atoms with Crippen LogP contribution < -0.4 is 11.5 Å². The summed E-state index contributed by atoms with van der Waals surface area (Å²) in [4.78, 5) is 10.2. The third kappa shape index (κ3) is 2.58. The number of rotatable bonds is 3. The van der Waals surface area contributed by atoms with Crippen LogP contribution in [0.3, 0.4) is 0 Å². The van der Waals surface area contributed by atoms with Crippen molar-refractivity contribution in [3.63, 3.8) is 0 Å². The van der Waals surface area contributed by atoms with E-state index in [2.05, 4.69) is 38.8 Å². The van der Waals surface area contributed by atoms with Crippen molar-refractivity contribution >= 4 is 17.2 Å². The van der Waals surface area contributed by atoms with Crippen molar-refractivity contribution in [1.29, 1.82) is 0 Å². The lowest BCUT2D eigenvalue weighted by atomic mass is 9.88. The molecule has 2 unspecified atom stereocenters. The van der Waals surface area contributed by atoms with Gasteiger partial charge in [0.2, 0.25) is 0 Å². The Morgan fingerprint density at radius 3 is 2.74 bits per heavy atom. The van der Waals surface area contributed by atoms with Crippen molar-refractivity contribution in [2.24, 2.45) is 22.4 Å². The van der Waals surface area contributed by atoms with E-state index in [9.17, 15) is 0 Å². The monoisotopic (exact) mass is 278 g/mol. The van der Waals surface area contributed by atoms with Gasteiger partial charge >= 0.3 is 0 Å². The molecule has 0 radical (unpaired) electrons. The van der Waals surface area contributed by atoms with Crippen molar-refractivity contribution in [3.8, 4) is 0 Å². The van der Waals surface area contributed by atoms with Crippen LogP contribution in [0.15, 0.2) is 17.3 Å². The highest BCUT2D eigenvalue weighted by atomic mass is 32.1. The van der Waals surface area contributed by atoms with Crippen LogP contribution in [0.5, 0.6) is 0 Å². The highest BCUT2D eigenvalue weighted by Gasteiger charge is 2.30. The van der Waals surface area contributed by atoms with Gasteiger partial charge < -0.3 is 11.5 Å². The van der Waals surface area contributed by atoms with Crippen LogP contribution in [0, 0.1) is 12.8 Å². The maximum absolute atomic E-state index is 5.92. The van der Waals surface area contributed by atoms with E-state index in [0.29, 0.717) is 12.4 Å². The van der Waals surface area contributed by atoms with E-state index in [1.165, 1.54) is 4.88 Å². The van der Waals surface area contributed by atoms with E-state index in [0.717, 1.165) is 10.7 Å². The number of allylic oxidation sites excluding steroid dienone is 1. The second-order valence-electron chi connectivity index (χ2n) is 5.75. The Hall–Kier alpha value is -1.20. The standard InChI is InChI=1S/C14H22N4S/c1-8-10(5-6-17-12(8)16)13-18-11(9(2)19-13)14(3,4)7-15/h5-6,8,10H,7,15H2,1-4H3,(H2,16,17). The molecule has 1 aliphatic rings. The summed E-state index contributed by atoms with van der Waals surface area (Å²) in [6, 6.07) is 0. The number of amidine groups is 1. The molecule has 0 saturated carbocycles. The minimum absolute atomic E-state index is 0.0832. The number of hydrogen-bond donors (Lipinski definition) is 2. The zero-order valence-corrected chi connectivity index (χ0v) is 12.8. The molecule has 1 aliphatic heterocycles. The number of nitrogens with two attached hydrogens (primary N) is 2. The van der Waals surface area contributed by atoms with Gasteiger partial charge in [0.05, 0.1) is 5.69 Å². The fourth-order valence-electron chi connectivity index (χ4n) is 2.27. The molecule has 0 saturated heterocycles. The molecule has 0 aromatic carbocycles. The molecule has 0 aliphatic carbocycles. The smallest absolute Gasteiger partial charge is 0.103 e. The Kier molecular flexibility index (Phi) is 3.78. The molecule has 0 bridgehead atoms. The Morgan fingerprint density at radius 2 is 2.11 bits per heavy atom. The highest BCUT2D eigenvalue weighted by Crippen LogP contribution is 2.36. The van der Waals surface area contributed by atoms with Crippen LogP contribution in [-0.4, -0.2) is 17.4 Å².